The minimum atomic E-state index is 0.635. The summed E-state index contributed by atoms with van der Waals surface area (Å²) in [6.45, 7) is 4.38. The second kappa shape index (κ2) is 6.60. The predicted molar refractivity (Wildman–Crippen MR) is 105 cm³/mol. The average Bonchev–Trinajstić information content (AvgIpc) is 2.84. The fourth-order valence-corrected chi connectivity index (χ4v) is 4.45. The topological polar surface area (TPSA) is 28.1 Å². The Bertz CT molecular complexity index is 866. The Morgan fingerprint density at radius 1 is 1.00 bits per heavy atom. The van der Waals surface area contributed by atoms with Crippen LogP contribution in [0.2, 0.25) is 5.02 Å². The fraction of sp³-hybridized carbons (Fsp3) is 0.381. The van der Waals surface area contributed by atoms with Crippen LogP contribution in [-0.2, 0) is 0 Å². The molecule has 0 aliphatic carbocycles. The monoisotopic (exact) mass is 367 g/mol. The van der Waals surface area contributed by atoms with E-state index < -0.39 is 0 Å². The van der Waals surface area contributed by atoms with E-state index in [0.29, 0.717) is 11.1 Å². The van der Waals surface area contributed by atoms with Crippen molar-refractivity contribution in [2.24, 2.45) is 4.99 Å². The summed E-state index contributed by atoms with van der Waals surface area (Å²) < 4.78 is 6.17. The highest BCUT2D eigenvalue weighted by molar-refractivity contribution is 6.31. The lowest BCUT2D eigenvalue weighted by atomic mass is 9.99. The van der Waals surface area contributed by atoms with Crippen molar-refractivity contribution in [2.45, 2.75) is 25.3 Å². The summed E-state index contributed by atoms with van der Waals surface area (Å²) in [4.78, 5) is 10.1. The van der Waals surface area contributed by atoms with Crippen LogP contribution in [0, 0.1) is 0 Å². The van der Waals surface area contributed by atoms with Crippen LogP contribution in [0.5, 0.6) is 11.5 Å². The van der Waals surface area contributed by atoms with Crippen molar-refractivity contribution in [3.05, 3.63) is 53.1 Å². The van der Waals surface area contributed by atoms with Gasteiger partial charge in [0.25, 0.3) is 0 Å². The van der Waals surface area contributed by atoms with Crippen molar-refractivity contribution in [3.63, 3.8) is 0 Å². The van der Waals surface area contributed by atoms with Gasteiger partial charge in [-0.2, -0.15) is 0 Å². The second-order valence-corrected chi connectivity index (χ2v) is 7.71. The first kappa shape index (κ1) is 16.2. The summed E-state index contributed by atoms with van der Waals surface area (Å²) in [6, 6.07) is 14.5. The summed E-state index contributed by atoms with van der Waals surface area (Å²) in [7, 11) is 0. The van der Waals surface area contributed by atoms with Crippen LogP contribution in [-0.4, -0.2) is 47.9 Å². The largest absolute Gasteiger partial charge is 0.454 e. The van der Waals surface area contributed by atoms with Crippen molar-refractivity contribution in [3.8, 4) is 11.5 Å². The van der Waals surface area contributed by atoms with E-state index in [-0.39, 0.29) is 0 Å². The highest BCUT2D eigenvalue weighted by atomic mass is 35.5. The smallest absolute Gasteiger partial charge is 0.153 e. The van der Waals surface area contributed by atoms with E-state index in [1.165, 1.54) is 25.8 Å². The highest BCUT2D eigenvalue weighted by Gasteiger charge is 2.32. The number of fused-ring (bicyclic) bond motifs is 3. The van der Waals surface area contributed by atoms with Gasteiger partial charge < -0.3 is 9.64 Å². The molecule has 1 atom stereocenters. The van der Waals surface area contributed by atoms with Crippen LogP contribution < -0.4 is 4.74 Å². The average molecular weight is 368 g/mol. The van der Waals surface area contributed by atoms with Crippen LogP contribution in [0.1, 0.15) is 24.8 Å². The van der Waals surface area contributed by atoms with Gasteiger partial charge in [-0.05, 0) is 49.7 Å². The first-order valence-corrected chi connectivity index (χ1v) is 9.80. The molecule has 3 aliphatic heterocycles. The van der Waals surface area contributed by atoms with Crippen molar-refractivity contribution in [1.29, 1.82) is 0 Å². The first-order chi connectivity index (χ1) is 12.8. The lowest BCUT2D eigenvalue weighted by Gasteiger charge is -2.45. The van der Waals surface area contributed by atoms with Crippen molar-refractivity contribution in [2.75, 3.05) is 26.2 Å². The minimum absolute atomic E-state index is 0.635. The molecule has 1 unspecified atom stereocenters. The molecular formula is C21H22ClN3O. The third kappa shape index (κ3) is 2.87. The van der Waals surface area contributed by atoms with Crippen molar-refractivity contribution in [1.82, 2.24) is 9.80 Å². The van der Waals surface area contributed by atoms with Crippen LogP contribution in [0.25, 0.3) is 0 Å². The highest BCUT2D eigenvalue weighted by Crippen LogP contribution is 2.39. The Morgan fingerprint density at radius 2 is 1.92 bits per heavy atom. The van der Waals surface area contributed by atoms with E-state index in [2.05, 4.69) is 21.9 Å². The number of rotatable bonds is 0. The maximum atomic E-state index is 6.22. The van der Waals surface area contributed by atoms with Gasteiger partial charge in [-0.15, -0.1) is 0 Å². The van der Waals surface area contributed by atoms with E-state index >= 15 is 0 Å². The number of nitrogens with zero attached hydrogens (tertiary/aromatic N) is 3. The van der Waals surface area contributed by atoms with Crippen molar-refractivity contribution < 1.29 is 4.74 Å². The number of hydrogen-bond donors (Lipinski definition) is 0. The van der Waals surface area contributed by atoms with E-state index in [0.717, 1.165) is 48.2 Å². The Balaban J connectivity index is 1.57. The molecule has 134 valence electrons. The van der Waals surface area contributed by atoms with E-state index in [4.69, 9.17) is 21.3 Å². The molecule has 2 saturated heterocycles. The van der Waals surface area contributed by atoms with Gasteiger partial charge in [0.15, 0.2) is 5.75 Å². The number of amidine groups is 1. The third-order valence-electron chi connectivity index (χ3n) is 5.63. The molecule has 0 saturated carbocycles. The molecule has 2 aromatic carbocycles. The van der Waals surface area contributed by atoms with Crippen LogP contribution >= 0.6 is 11.6 Å². The molecule has 0 N–H and O–H groups in total. The quantitative estimate of drug-likeness (QED) is 0.676. The normalized spacial score (nSPS) is 22.4. The summed E-state index contributed by atoms with van der Waals surface area (Å²) in [6.07, 6.45) is 3.95. The molecule has 3 aliphatic rings. The van der Waals surface area contributed by atoms with E-state index in [9.17, 15) is 0 Å². The van der Waals surface area contributed by atoms with E-state index in [1.807, 2.05) is 30.3 Å². The number of hydrogen-bond acceptors (Lipinski definition) is 4. The molecular weight excluding hydrogens is 346 g/mol. The fourth-order valence-electron chi connectivity index (χ4n) is 4.29. The third-order valence-corrected chi connectivity index (χ3v) is 5.87. The SMILES string of the molecule is Clc1ccc2c(c1)N=C(N1CCN3CCCCC3C1)c1ccccc1O2. The number of aliphatic imine (C=N–C) groups is 1. The van der Waals surface area contributed by atoms with Gasteiger partial charge >= 0.3 is 0 Å². The number of piperidine rings is 1. The van der Waals surface area contributed by atoms with Gasteiger partial charge in [0.05, 0.1) is 5.56 Å². The zero-order valence-corrected chi connectivity index (χ0v) is 15.5. The Labute approximate surface area is 159 Å². The number of para-hydroxylation sites is 1. The van der Waals surface area contributed by atoms with Gasteiger partial charge in [0.1, 0.15) is 17.3 Å². The number of piperazine rings is 1. The molecule has 5 heteroatoms. The van der Waals surface area contributed by atoms with Gasteiger partial charge in [0.2, 0.25) is 0 Å². The van der Waals surface area contributed by atoms with Crippen LogP contribution in [0.4, 0.5) is 5.69 Å². The second-order valence-electron chi connectivity index (χ2n) is 7.28. The number of halogens is 1. The molecule has 0 aromatic heterocycles. The lowest BCUT2D eigenvalue weighted by Crippen LogP contribution is -2.56. The Morgan fingerprint density at radius 3 is 2.88 bits per heavy atom. The minimum Gasteiger partial charge on any atom is -0.454 e. The molecule has 0 amide bonds. The molecule has 4 nitrogen and oxygen atoms in total. The van der Waals surface area contributed by atoms with Crippen LogP contribution in [0.3, 0.4) is 0 Å². The maximum Gasteiger partial charge on any atom is 0.153 e. The summed E-state index contributed by atoms with van der Waals surface area (Å²) in [5, 5.41) is 0.679. The molecule has 2 aromatic rings. The van der Waals surface area contributed by atoms with Gasteiger partial charge in [0, 0.05) is 30.7 Å². The Kier molecular flexibility index (Phi) is 4.10. The maximum absolute atomic E-state index is 6.22. The zero-order chi connectivity index (χ0) is 17.5. The molecule has 0 bridgehead atoms. The Hall–Kier alpha value is -2.04. The van der Waals surface area contributed by atoms with Gasteiger partial charge in [-0.3, -0.25) is 4.90 Å². The lowest BCUT2D eigenvalue weighted by molar-refractivity contribution is 0.0805. The summed E-state index contributed by atoms with van der Waals surface area (Å²) in [5.74, 6) is 2.62. The molecule has 26 heavy (non-hydrogen) atoms. The van der Waals surface area contributed by atoms with E-state index in [1.54, 1.807) is 0 Å². The van der Waals surface area contributed by atoms with Gasteiger partial charge in [-0.1, -0.05) is 30.2 Å². The molecule has 5 rings (SSSR count). The predicted octanol–water partition coefficient (Wildman–Crippen LogP) is 4.69. The molecule has 0 radical (unpaired) electrons. The molecule has 2 fully saturated rings. The zero-order valence-electron chi connectivity index (χ0n) is 14.7. The molecule has 0 spiro atoms. The van der Waals surface area contributed by atoms with Crippen LogP contribution in [0.15, 0.2) is 47.5 Å². The number of ether oxygens (including phenoxy) is 1. The van der Waals surface area contributed by atoms with Crippen molar-refractivity contribution >= 4 is 23.1 Å². The summed E-state index contributed by atoms with van der Waals surface area (Å²) in [5.41, 5.74) is 1.86. The first-order valence-electron chi connectivity index (χ1n) is 9.42. The number of benzene rings is 2. The van der Waals surface area contributed by atoms with Gasteiger partial charge in [-0.25, -0.2) is 4.99 Å². The standard InChI is InChI=1S/C21H22ClN3O/c22-15-8-9-20-18(13-15)23-21(17-6-1-2-7-19(17)26-20)25-12-11-24-10-4-3-5-16(24)14-25/h1-2,6-9,13,16H,3-5,10-12,14H2. The summed E-state index contributed by atoms with van der Waals surface area (Å²) >= 11 is 6.22. The molecule has 3 heterocycles.